The molecule has 1 aromatic carbocycles. The van der Waals surface area contributed by atoms with Gasteiger partial charge in [0.1, 0.15) is 5.82 Å². The third-order valence-electron chi connectivity index (χ3n) is 2.97. The highest BCUT2D eigenvalue weighted by Gasteiger charge is 2.10. The van der Waals surface area contributed by atoms with Crippen LogP contribution in [0.1, 0.15) is 12.5 Å². The summed E-state index contributed by atoms with van der Waals surface area (Å²) in [5.41, 5.74) is 0.702. The van der Waals surface area contributed by atoms with E-state index < -0.39 is 0 Å². The average molecular weight is 304 g/mol. The van der Waals surface area contributed by atoms with E-state index in [0.29, 0.717) is 16.5 Å². The van der Waals surface area contributed by atoms with Crippen LogP contribution in [0.25, 0.3) is 4.96 Å². The molecule has 0 amide bonds. The fourth-order valence-electron chi connectivity index (χ4n) is 2.08. The molecule has 3 rings (SSSR count). The summed E-state index contributed by atoms with van der Waals surface area (Å²) in [4.78, 5) is 16.2. The topological polar surface area (TPSA) is 59.3 Å². The number of halogens is 1. The van der Waals surface area contributed by atoms with Crippen molar-refractivity contribution in [1.29, 1.82) is 0 Å². The number of benzene rings is 1. The van der Waals surface area contributed by atoms with E-state index in [-0.39, 0.29) is 17.4 Å². The van der Waals surface area contributed by atoms with Gasteiger partial charge in [-0.05, 0) is 31.0 Å². The van der Waals surface area contributed by atoms with Crippen LogP contribution in [0, 0.1) is 5.82 Å². The van der Waals surface area contributed by atoms with Gasteiger partial charge in [-0.2, -0.15) is 4.52 Å². The number of fused-ring (bicyclic) bond motifs is 1. The van der Waals surface area contributed by atoms with Crippen molar-refractivity contribution in [2.75, 3.05) is 5.32 Å². The van der Waals surface area contributed by atoms with E-state index in [2.05, 4.69) is 15.4 Å². The summed E-state index contributed by atoms with van der Waals surface area (Å²) < 4.78 is 14.4. The molecule has 0 aliphatic rings. The molecule has 5 nitrogen and oxygen atoms in total. The molecule has 1 atom stereocenters. The van der Waals surface area contributed by atoms with Crippen molar-refractivity contribution in [3.8, 4) is 0 Å². The number of nitrogens with zero attached hydrogens (tertiary/aromatic N) is 3. The average Bonchev–Trinajstić information content (AvgIpc) is 2.82. The third kappa shape index (κ3) is 3.08. The van der Waals surface area contributed by atoms with Crippen LogP contribution in [0.3, 0.4) is 0 Å². The second kappa shape index (κ2) is 5.61. The maximum atomic E-state index is 13.2. The van der Waals surface area contributed by atoms with Gasteiger partial charge >= 0.3 is 0 Å². The van der Waals surface area contributed by atoms with Crippen molar-refractivity contribution in [3.05, 3.63) is 58.3 Å². The molecule has 1 N–H and O–H groups in total. The molecule has 0 saturated heterocycles. The van der Waals surface area contributed by atoms with Gasteiger partial charge in [0.15, 0.2) is 0 Å². The van der Waals surface area contributed by atoms with Crippen LogP contribution in [0.5, 0.6) is 0 Å². The minimum absolute atomic E-state index is 0.0584. The van der Waals surface area contributed by atoms with E-state index in [0.717, 1.165) is 5.56 Å². The molecule has 0 fully saturated rings. The lowest BCUT2D eigenvalue weighted by Gasteiger charge is -2.12. The van der Waals surface area contributed by atoms with Crippen LogP contribution >= 0.6 is 11.3 Å². The number of anilines is 1. The van der Waals surface area contributed by atoms with Gasteiger partial charge in [0.05, 0.1) is 0 Å². The standard InChI is InChI=1S/C14H13FN4OS/c1-9(7-10-3-2-4-11(15)8-10)17-13-18-19-12(20)5-6-16-14(19)21-13/h2-6,8-9H,7H2,1H3,(H,17,18). The van der Waals surface area contributed by atoms with Gasteiger partial charge in [-0.3, -0.25) is 4.79 Å². The first-order valence-electron chi connectivity index (χ1n) is 6.48. The number of nitrogens with one attached hydrogen (secondary N) is 1. The summed E-state index contributed by atoms with van der Waals surface area (Å²) in [6.07, 6.45) is 2.13. The van der Waals surface area contributed by atoms with E-state index in [1.54, 1.807) is 6.07 Å². The van der Waals surface area contributed by atoms with Crippen LogP contribution < -0.4 is 10.9 Å². The zero-order chi connectivity index (χ0) is 14.8. The SMILES string of the molecule is CC(Cc1cccc(F)c1)Nc1nn2c(=O)ccnc2s1. The molecule has 0 aliphatic heterocycles. The molecule has 0 radical (unpaired) electrons. The van der Waals surface area contributed by atoms with Gasteiger partial charge in [-0.1, -0.05) is 23.5 Å². The van der Waals surface area contributed by atoms with Crippen LogP contribution in [0.15, 0.2) is 41.3 Å². The van der Waals surface area contributed by atoms with Gasteiger partial charge in [-0.15, -0.1) is 5.10 Å². The highest BCUT2D eigenvalue weighted by molar-refractivity contribution is 7.20. The van der Waals surface area contributed by atoms with Crippen LogP contribution in [-0.2, 0) is 6.42 Å². The molecule has 1 unspecified atom stereocenters. The minimum atomic E-state index is -0.240. The van der Waals surface area contributed by atoms with Crippen molar-refractivity contribution in [1.82, 2.24) is 14.6 Å². The summed E-state index contributed by atoms with van der Waals surface area (Å²) in [6, 6.07) is 7.94. The quantitative estimate of drug-likeness (QED) is 0.803. The first-order valence-corrected chi connectivity index (χ1v) is 7.29. The molecule has 7 heteroatoms. The van der Waals surface area contributed by atoms with E-state index in [1.807, 2.05) is 13.0 Å². The van der Waals surface area contributed by atoms with Crippen molar-refractivity contribution >= 4 is 21.4 Å². The van der Waals surface area contributed by atoms with Gasteiger partial charge in [0.2, 0.25) is 10.1 Å². The van der Waals surface area contributed by atoms with E-state index >= 15 is 0 Å². The summed E-state index contributed by atoms with van der Waals surface area (Å²) >= 11 is 1.31. The normalized spacial score (nSPS) is 12.5. The largest absolute Gasteiger partial charge is 0.357 e. The van der Waals surface area contributed by atoms with E-state index in [9.17, 15) is 9.18 Å². The molecule has 0 bridgehead atoms. The van der Waals surface area contributed by atoms with Crippen LogP contribution in [-0.4, -0.2) is 20.6 Å². The maximum absolute atomic E-state index is 13.2. The highest BCUT2D eigenvalue weighted by Crippen LogP contribution is 2.18. The maximum Gasteiger partial charge on any atom is 0.275 e. The minimum Gasteiger partial charge on any atom is -0.357 e. The zero-order valence-corrected chi connectivity index (χ0v) is 12.1. The third-order valence-corrected chi connectivity index (χ3v) is 3.83. The van der Waals surface area contributed by atoms with Crippen molar-refractivity contribution in [2.24, 2.45) is 0 Å². The van der Waals surface area contributed by atoms with Gasteiger partial charge < -0.3 is 5.32 Å². The van der Waals surface area contributed by atoms with E-state index in [1.165, 1.54) is 40.2 Å². The summed E-state index contributed by atoms with van der Waals surface area (Å²) in [7, 11) is 0. The van der Waals surface area contributed by atoms with Gasteiger partial charge in [0.25, 0.3) is 5.56 Å². The molecule has 2 aromatic heterocycles. The lowest BCUT2D eigenvalue weighted by atomic mass is 10.1. The summed E-state index contributed by atoms with van der Waals surface area (Å²) in [5, 5.41) is 8.02. The predicted octanol–water partition coefficient (Wildman–Crippen LogP) is 2.33. The smallest absolute Gasteiger partial charge is 0.275 e. The Kier molecular flexibility index (Phi) is 3.66. The predicted molar refractivity (Wildman–Crippen MR) is 80.3 cm³/mol. The Morgan fingerprint density at radius 2 is 2.29 bits per heavy atom. The van der Waals surface area contributed by atoms with Gasteiger partial charge in [-0.25, -0.2) is 9.37 Å². The first-order chi connectivity index (χ1) is 10.1. The van der Waals surface area contributed by atoms with Crippen molar-refractivity contribution < 1.29 is 4.39 Å². The second-order valence-corrected chi connectivity index (χ2v) is 5.72. The van der Waals surface area contributed by atoms with Crippen molar-refractivity contribution in [2.45, 2.75) is 19.4 Å². The zero-order valence-electron chi connectivity index (χ0n) is 11.3. The van der Waals surface area contributed by atoms with Gasteiger partial charge in [0, 0.05) is 18.3 Å². The lowest BCUT2D eigenvalue weighted by molar-refractivity contribution is 0.624. The lowest BCUT2D eigenvalue weighted by Crippen LogP contribution is -2.19. The van der Waals surface area contributed by atoms with Crippen molar-refractivity contribution in [3.63, 3.8) is 0 Å². The molecule has 108 valence electrons. The Bertz CT molecular complexity index is 829. The number of hydrogen-bond donors (Lipinski definition) is 1. The van der Waals surface area contributed by atoms with Crippen LogP contribution in [0.4, 0.5) is 9.52 Å². The molecule has 0 aliphatic carbocycles. The first kappa shape index (κ1) is 13.7. The summed E-state index contributed by atoms with van der Waals surface area (Å²) in [5.74, 6) is -0.240. The highest BCUT2D eigenvalue weighted by atomic mass is 32.1. The Hall–Kier alpha value is -2.28. The Balaban J connectivity index is 1.75. The fraction of sp³-hybridized carbons (Fsp3) is 0.214. The number of hydrogen-bond acceptors (Lipinski definition) is 5. The van der Waals surface area contributed by atoms with Crippen LogP contribution in [0.2, 0.25) is 0 Å². The van der Waals surface area contributed by atoms with E-state index in [4.69, 9.17) is 0 Å². The Labute approximate surface area is 124 Å². The molecule has 0 spiro atoms. The number of aromatic nitrogens is 3. The Morgan fingerprint density at radius 1 is 1.43 bits per heavy atom. The number of rotatable bonds is 4. The summed E-state index contributed by atoms with van der Waals surface area (Å²) in [6.45, 7) is 1.98. The molecule has 0 saturated carbocycles. The second-order valence-electron chi connectivity index (χ2n) is 4.76. The Morgan fingerprint density at radius 3 is 3.05 bits per heavy atom. The molecular formula is C14H13FN4OS. The molecular weight excluding hydrogens is 291 g/mol. The molecule has 21 heavy (non-hydrogen) atoms. The molecule has 3 aromatic rings. The monoisotopic (exact) mass is 304 g/mol. The molecule has 2 heterocycles. The fourth-order valence-corrected chi connectivity index (χ4v) is 2.97.